The van der Waals surface area contributed by atoms with Crippen LogP contribution in [0.3, 0.4) is 0 Å². The van der Waals surface area contributed by atoms with Gasteiger partial charge in [-0.05, 0) is 55.7 Å². The van der Waals surface area contributed by atoms with Crippen LogP contribution in [0.5, 0.6) is 0 Å². The molecule has 2 rings (SSSR count). The van der Waals surface area contributed by atoms with E-state index in [4.69, 9.17) is 11.6 Å². The molecule has 0 saturated heterocycles. The third-order valence-electron chi connectivity index (χ3n) is 3.22. The highest BCUT2D eigenvalue weighted by Gasteiger charge is 2.06. The molecule has 0 aliphatic rings. The van der Waals surface area contributed by atoms with Crippen LogP contribution >= 0.6 is 11.6 Å². The van der Waals surface area contributed by atoms with E-state index in [9.17, 15) is 4.79 Å². The number of hydrogen-bond donors (Lipinski definition) is 1. The molecular weight excluding hydrogens is 282 g/mol. The van der Waals surface area contributed by atoms with E-state index in [0.717, 1.165) is 22.4 Å². The molecule has 0 aliphatic carbocycles. The van der Waals surface area contributed by atoms with Crippen molar-refractivity contribution in [3.8, 4) is 0 Å². The third-order valence-corrected chi connectivity index (χ3v) is 3.47. The van der Waals surface area contributed by atoms with Gasteiger partial charge in [0.05, 0.1) is 0 Å². The summed E-state index contributed by atoms with van der Waals surface area (Å²) in [7, 11) is 0. The van der Waals surface area contributed by atoms with Crippen LogP contribution in [-0.4, -0.2) is 5.91 Å². The molecule has 1 N–H and O–H groups in total. The van der Waals surface area contributed by atoms with Crippen LogP contribution in [0, 0.1) is 20.8 Å². The first-order valence-corrected chi connectivity index (χ1v) is 7.16. The maximum absolute atomic E-state index is 12.0. The SMILES string of the molecule is Cc1cc(C)c(NC(=O)/C=C/c2ccc(Cl)cc2)c(C)c1. The zero-order chi connectivity index (χ0) is 15.4. The minimum Gasteiger partial charge on any atom is -0.322 e. The number of carbonyl (C=O) groups excluding carboxylic acids is 1. The van der Waals surface area contributed by atoms with E-state index in [1.54, 1.807) is 18.2 Å². The predicted octanol–water partition coefficient (Wildman–Crippen LogP) is 4.92. The Kier molecular flexibility index (Phi) is 4.81. The van der Waals surface area contributed by atoms with Crippen molar-refractivity contribution >= 4 is 29.3 Å². The van der Waals surface area contributed by atoms with Crippen LogP contribution in [0.4, 0.5) is 5.69 Å². The van der Waals surface area contributed by atoms with Crippen LogP contribution < -0.4 is 5.32 Å². The average molecular weight is 300 g/mol. The molecule has 1 amide bonds. The molecule has 21 heavy (non-hydrogen) atoms. The van der Waals surface area contributed by atoms with Gasteiger partial charge in [-0.2, -0.15) is 0 Å². The van der Waals surface area contributed by atoms with E-state index in [-0.39, 0.29) is 5.91 Å². The lowest BCUT2D eigenvalue weighted by Gasteiger charge is -2.11. The fourth-order valence-corrected chi connectivity index (χ4v) is 2.41. The number of aryl methyl sites for hydroxylation is 3. The fourth-order valence-electron chi connectivity index (χ4n) is 2.29. The van der Waals surface area contributed by atoms with Crippen LogP contribution in [0.1, 0.15) is 22.3 Å². The first kappa shape index (κ1) is 15.3. The largest absolute Gasteiger partial charge is 0.322 e. The van der Waals surface area contributed by atoms with Gasteiger partial charge < -0.3 is 5.32 Å². The number of hydrogen-bond acceptors (Lipinski definition) is 1. The highest BCUT2D eigenvalue weighted by molar-refractivity contribution is 6.30. The van der Waals surface area contributed by atoms with Gasteiger partial charge in [0, 0.05) is 16.8 Å². The van der Waals surface area contributed by atoms with Gasteiger partial charge in [0.15, 0.2) is 0 Å². The van der Waals surface area contributed by atoms with Gasteiger partial charge >= 0.3 is 0 Å². The van der Waals surface area contributed by atoms with E-state index >= 15 is 0 Å². The van der Waals surface area contributed by atoms with Crippen molar-refractivity contribution in [1.29, 1.82) is 0 Å². The highest BCUT2D eigenvalue weighted by atomic mass is 35.5. The third kappa shape index (κ3) is 4.20. The molecule has 0 bridgehead atoms. The van der Waals surface area contributed by atoms with Gasteiger partial charge in [0.25, 0.3) is 0 Å². The van der Waals surface area contributed by atoms with Gasteiger partial charge in [-0.1, -0.05) is 41.4 Å². The summed E-state index contributed by atoms with van der Waals surface area (Å²) in [5.74, 6) is -0.139. The number of carbonyl (C=O) groups is 1. The molecule has 3 heteroatoms. The molecule has 2 nitrogen and oxygen atoms in total. The van der Waals surface area contributed by atoms with E-state index < -0.39 is 0 Å². The second-order valence-corrected chi connectivity index (χ2v) is 5.58. The summed E-state index contributed by atoms with van der Waals surface area (Å²) in [6, 6.07) is 11.5. The molecule has 2 aromatic rings. The maximum atomic E-state index is 12.0. The van der Waals surface area contributed by atoms with Crippen LogP contribution in [0.2, 0.25) is 5.02 Å². The maximum Gasteiger partial charge on any atom is 0.248 e. The first-order chi connectivity index (χ1) is 9.95. The lowest BCUT2D eigenvalue weighted by Crippen LogP contribution is -2.10. The molecule has 0 atom stereocenters. The molecule has 0 heterocycles. The van der Waals surface area contributed by atoms with Gasteiger partial charge in [-0.25, -0.2) is 0 Å². The van der Waals surface area contributed by atoms with Crippen LogP contribution in [0.25, 0.3) is 6.08 Å². The van der Waals surface area contributed by atoms with Crippen molar-refractivity contribution in [2.75, 3.05) is 5.32 Å². The summed E-state index contributed by atoms with van der Waals surface area (Å²) < 4.78 is 0. The normalized spacial score (nSPS) is 10.9. The Hall–Kier alpha value is -2.06. The Morgan fingerprint density at radius 1 is 1.05 bits per heavy atom. The molecular formula is C18H18ClNO. The number of amides is 1. The van der Waals surface area contributed by atoms with Crippen molar-refractivity contribution in [1.82, 2.24) is 0 Å². The number of rotatable bonds is 3. The standard InChI is InChI=1S/C18H18ClNO/c1-12-10-13(2)18(14(3)11-12)20-17(21)9-6-15-4-7-16(19)8-5-15/h4-11H,1-3H3,(H,20,21)/b9-6+. The zero-order valence-electron chi connectivity index (χ0n) is 12.4. The van der Waals surface area contributed by atoms with Gasteiger partial charge in [-0.15, -0.1) is 0 Å². The zero-order valence-corrected chi connectivity index (χ0v) is 13.2. The Morgan fingerprint density at radius 2 is 1.62 bits per heavy atom. The minimum atomic E-state index is -0.139. The molecule has 108 valence electrons. The van der Waals surface area contributed by atoms with Crippen LogP contribution in [-0.2, 0) is 4.79 Å². The van der Waals surface area contributed by atoms with Gasteiger partial charge in [0.1, 0.15) is 0 Å². The number of nitrogens with one attached hydrogen (secondary N) is 1. The molecule has 0 fully saturated rings. The summed E-state index contributed by atoms with van der Waals surface area (Å²) >= 11 is 5.83. The van der Waals surface area contributed by atoms with E-state index in [1.165, 1.54) is 11.6 Å². The van der Waals surface area contributed by atoms with Crippen molar-refractivity contribution in [2.45, 2.75) is 20.8 Å². The second-order valence-electron chi connectivity index (χ2n) is 5.15. The fraction of sp³-hybridized carbons (Fsp3) is 0.167. The first-order valence-electron chi connectivity index (χ1n) is 6.78. The molecule has 0 unspecified atom stereocenters. The summed E-state index contributed by atoms with van der Waals surface area (Å²) in [4.78, 5) is 12.0. The Morgan fingerprint density at radius 3 is 2.19 bits per heavy atom. The monoisotopic (exact) mass is 299 g/mol. The number of anilines is 1. The van der Waals surface area contributed by atoms with E-state index in [1.807, 2.05) is 32.9 Å². The molecule has 0 aliphatic heterocycles. The molecule has 0 saturated carbocycles. The lowest BCUT2D eigenvalue weighted by atomic mass is 10.1. The molecule has 0 spiro atoms. The van der Waals surface area contributed by atoms with Crippen molar-refractivity contribution < 1.29 is 4.79 Å². The minimum absolute atomic E-state index is 0.139. The number of halogens is 1. The second kappa shape index (κ2) is 6.59. The Bertz CT molecular complexity index is 664. The smallest absolute Gasteiger partial charge is 0.248 e. The van der Waals surface area contributed by atoms with E-state index in [0.29, 0.717) is 5.02 Å². The average Bonchev–Trinajstić information content (AvgIpc) is 2.42. The van der Waals surface area contributed by atoms with Crippen molar-refractivity contribution in [3.63, 3.8) is 0 Å². The van der Waals surface area contributed by atoms with Gasteiger partial charge in [-0.3, -0.25) is 4.79 Å². The summed E-state index contributed by atoms with van der Waals surface area (Å²) in [5, 5.41) is 3.62. The summed E-state index contributed by atoms with van der Waals surface area (Å²) in [6.45, 7) is 6.04. The predicted molar refractivity (Wildman–Crippen MR) is 89.8 cm³/mol. The lowest BCUT2D eigenvalue weighted by molar-refractivity contribution is -0.111. The number of benzene rings is 2. The highest BCUT2D eigenvalue weighted by Crippen LogP contribution is 2.22. The Balaban J connectivity index is 2.10. The topological polar surface area (TPSA) is 29.1 Å². The summed E-state index contributed by atoms with van der Waals surface area (Å²) in [5.41, 5.74) is 5.15. The van der Waals surface area contributed by atoms with E-state index in [2.05, 4.69) is 17.4 Å². The Labute approximate surface area is 130 Å². The van der Waals surface area contributed by atoms with Crippen molar-refractivity contribution in [2.24, 2.45) is 0 Å². The van der Waals surface area contributed by atoms with Crippen LogP contribution in [0.15, 0.2) is 42.5 Å². The molecule has 2 aromatic carbocycles. The quantitative estimate of drug-likeness (QED) is 0.801. The van der Waals surface area contributed by atoms with Crippen molar-refractivity contribution in [3.05, 3.63) is 69.8 Å². The molecule has 0 radical (unpaired) electrons. The summed E-state index contributed by atoms with van der Waals surface area (Å²) in [6.07, 6.45) is 3.30. The van der Waals surface area contributed by atoms with Gasteiger partial charge in [0.2, 0.25) is 5.91 Å². The molecule has 0 aromatic heterocycles.